The Kier molecular flexibility index (Phi) is 3.85. The Morgan fingerprint density at radius 3 is 2.47 bits per heavy atom. The van der Waals surface area contributed by atoms with E-state index in [2.05, 4.69) is 4.98 Å². The number of anilines is 1. The zero-order valence-electron chi connectivity index (χ0n) is 10.3. The molecule has 0 unspecified atom stereocenters. The van der Waals surface area contributed by atoms with E-state index < -0.39 is 11.7 Å². The molecular weight excluding hydrogens is 250 g/mol. The summed E-state index contributed by atoms with van der Waals surface area (Å²) in [5, 5.41) is 0. The van der Waals surface area contributed by atoms with Crippen molar-refractivity contribution in [2.24, 2.45) is 0 Å². The molecule has 0 bridgehead atoms. The van der Waals surface area contributed by atoms with E-state index in [-0.39, 0.29) is 11.4 Å². The lowest BCUT2D eigenvalue weighted by atomic mass is 10.2. The number of carbonyl (C=O) groups is 1. The van der Waals surface area contributed by atoms with Gasteiger partial charge in [0, 0.05) is 18.4 Å². The minimum absolute atomic E-state index is 0.0545. The molecule has 98 valence electrons. The molecular formula is C14H12F2N2O. The summed E-state index contributed by atoms with van der Waals surface area (Å²) in [6.07, 6.45) is 2.35. The summed E-state index contributed by atoms with van der Waals surface area (Å²) >= 11 is 0. The van der Waals surface area contributed by atoms with Gasteiger partial charge in [0.2, 0.25) is 0 Å². The maximum absolute atomic E-state index is 13.5. The number of hydrogen-bond acceptors (Lipinski definition) is 2. The highest BCUT2D eigenvalue weighted by Gasteiger charge is 2.19. The van der Waals surface area contributed by atoms with Gasteiger partial charge in [-0.2, -0.15) is 0 Å². The molecule has 2 aromatic rings. The van der Waals surface area contributed by atoms with E-state index in [0.717, 1.165) is 6.20 Å². The van der Waals surface area contributed by atoms with Gasteiger partial charge in [0.15, 0.2) is 5.82 Å². The predicted molar refractivity (Wildman–Crippen MR) is 67.9 cm³/mol. The SMILES string of the molecule is CCN(C(=O)c1ccncc1F)c1ccc(F)cc1. The molecule has 2 rings (SSSR count). The van der Waals surface area contributed by atoms with Gasteiger partial charge in [-0.15, -0.1) is 0 Å². The first-order chi connectivity index (χ1) is 9.13. The molecule has 0 aliphatic carbocycles. The number of benzene rings is 1. The lowest BCUT2D eigenvalue weighted by Gasteiger charge is -2.21. The third-order valence-corrected chi connectivity index (χ3v) is 2.70. The molecule has 0 saturated carbocycles. The first kappa shape index (κ1) is 13.1. The van der Waals surface area contributed by atoms with Gasteiger partial charge in [0.25, 0.3) is 5.91 Å². The van der Waals surface area contributed by atoms with Crippen molar-refractivity contribution in [3.8, 4) is 0 Å². The zero-order chi connectivity index (χ0) is 13.8. The Hall–Kier alpha value is -2.30. The Bertz CT molecular complexity index is 584. The largest absolute Gasteiger partial charge is 0.309 e. The molecule has 0 aliphatic heterocycles. The van der Waals surface area contributed by atoms with Gasteiger partial charge < -0.3 is 4.90 Å². The summed E-state index contributed by atoms with van der Waals surface area (Å²) in [6.45, 7) is 2.12. The number of aromatic nitrogens is 1. The molecule has 0 fully saturated rings. The maximum atomic E-state index is 13.5. The van der Waals surface area contributed by atoms with Gasteiger partial charge in [0.05, 0.1) is 11.8 Å². The highest BCUT2D eigenvalue weighted by molar-refractivity contribution is 6.06. The van der Waals surface area contributed by atoms with E-state index in [4.69, 9.17) is 0 Å². The van der Waals surface area contributed by atoms with Crippen molar-refractivity contribution in [2.75, 3.05) is 11.4 Å². The van der Waals surface area contributed by atoms with Crippen molar-refractivity contribution >= 4 is 11.6 Å². The second-order valence-corrected chi connectivity index (χ2v) is 3.88. The molecule has 0 saturated heterocycles. The fourth-order valence-electron chi connectivity index (χ4n) is 1.76. The van der Waals surface area contributed by atoms with Crippen molar-refractivity contribution in [1.29, 1.82) is 0 Å². The first-order valence-electron chi connectivity index (χ1n) is 5.80. The minimum Gasteiger partial charge on any atom is -0.309 e. The number of amides is 1. The molecule has 0 radical (unpaired) electrons. The minimum atomic E-state index is -0.673. The molecule has 3 nitrogen and oxygen atoms in total. The quantitative estimate of drug-likeness (QED) is 0.851. The van der Waals surface area contributed by atoms with Crippen LogP contribution >= 0.6 is 0 Å². The first-order valence-corrected chi connectivity index (χ1v) is 5.80. The van der Waals surface area contributed by atoms with Crippen molar-refractivity contribution < 1.29 is 13.6 Å². The number of halogens is 2. The van der Waals surface area contributed by atoms with Crippen LogP contribution in [0.25, 0.3) is 0 Å². The van der Waals surface area contributed by atoms with Gasteiger partial charge in [0.1, 0.15) is 5.82 Å². The van der Waals surface area contributed by atoms with E-state index in [1.54, 1.807) is 6.92 Å². The van der Waals surface area contributed by atoms with Gasteiger partial charge >= 0.3 is 0 Å². The van der Waals surface area contributed by atoms with E-state index in [0.29, 0.717) is 12.2 Å². The smallest absolute Gasteiger partial charge is 0.261 e. The molecule has 1 amide bonds. The van der Waals surface area contributed by atoms with Crippen molar-refractivity contribution in [3.05, 3.63) is 59.9 Å². The summed E-state index contributed by atoms with van der Waals surface area (Å²) < 4.78 is 26.4. The number of hydrogen-bond donors (Lipinski definition) is 0. The van der Waals surface area contributed by atoms with Crippen molar-refractivity contribution in [2.45, 2.75) is 6.92 Å². The standard InChI is InChI=1S/C14H12F2N2O/c1-2-18(11-5-3-10(15)4-6-11)14(19)12-7-8-17-9-13(12)16/h3-9H,2H2,1H3. The summed E-state index contributed by atoms with van der Waals surface area (Å²) in [5.41, 5.74) is 0.464. The van der Waals surface area contributed by atoms with Crippen molar-refractivity contribution in [3.63, 3.8) is 0 Å². The average molecular weight is 262 g/mol. The monoisotopic (exact) mass is 262 g/mol. The van der Waals surface area contributed by atoms with Gasteiger partial charge in [-0.05, 0) is 37.3 Å². The molecule has 0 atom stereocenters. The number of nitrogens with zero attached hydrogens (tertiary/aromatic N) is 2. The molecule has 0 aliphatic rings. The summed E-state index contributed by atoms with van der Waals surface area (Å²) in [6, 6.07) is 6.80. The maximum Gasteiger partial charge on any atom is 0.261 e. The normalized spacial score (nSPS) is 10.3. The molecule has 1 aromatic heterocycles. The van der Waals surface area contributed by atoms with Crippen LogP contribution < -0.4 is 4.90 Å². The van der Waals surface area contributed by atoms with Gasteiger partial charge in [-0.1, -0.05) is 0 Å². The molecule has 5 heteroatoms. The van der Waals surface area contributed by atoms with Gasteiger partial charge in [-0.3, -0.25) is 9.78 Å². The van der Waals surface area contributed by atoms with Crippen LogP contribution in [0.1, 0.15) is 17.3 Å². The Balaban J connectivity index is 2.35. The fraction of sp³-hybridized carbons (Fsp3) is 0.143. The number of rotatable bonds is 3. The summed E-state index contributed by atoms with van der Waals surface area (Å²) in [7, 11) is 0. The highest BCUT2D eigenvalue weighted by Crippen LogP contribution is 2.18. The van der Waals surface area contributed by atoms with Crippen LogP contribution in [0.5, 0.6) is 0 Å². The summed E-state index contributed by atoms with van der Waals surface area (Å²) in [4.78, 5) is 17.2. The van der Waals surface area contributed by atoms with Crippen LogP contribution in [-0.4, -0.2) is 17.4 Å². The molecule has 19 heavy (non-hydrogen) atoms. The molecule has 0 N–H and O–H groups in total. The van der Waals surface area contributed by atoms with Crippen LogP contribution in [0.3, 0.4) is 0 Å². The van der Waals surface area contributed by atoms with Crippen LogP contribution in [-0.2, 0) is 0 Å². The molecule has 0 spiro atoms. The predicted octanol–water partition coefficient (Wildman–Crippen LogP) is 3.03. The van der Waals surface area contributed by atoms with Crippen LogP contribution in [0, 0.1) is 11.6 Å². The summed E-state index contributed by atoms with van der Waals surface area (Å²) in [5.74, 6) is -1.54. The third-order valence-electron chi connectivity index (χ3n) is 2.70. The van der Waals surface area contributed by atoms with Gasteiger partial charge in [-0.25, -0.2) is 8.78 Å². The third kappa shape index (κ3) is 2.76. The van der Waals surface area contributed by atoms with E-state index in [1.807, 2.05) is 0 Å². The lowest BCUT2D eigenvalue weighted by Crippen LogP contribution is -2.31. The Morgan fingerprint density at radius 2 is 1.89 bits per heavy atom. The second-order valence-electron chi connectivity index (χ2n) is 3.88. The number of pyridine rings is 1. The zero-order valence-corrected chi connectivity index (χ0v) is 10.3. The Labute approximate surface area is 109 Å². The van der Waals surface area contributed by atoms with Crippen molar-refractivity contribution in [1.82, 2.24) is 4.98 Å². The molecule has 1 heterocycles. The fourth-order valence-corrected chi connectivity index (χ4v) is 1.76. The average Bonchev–Trinajstić information content (AvgIpc) is 2.42. The lowest BCUT2D eigenvalue weighted by molar-refractivity contribution is 0.0984. The second kappa shape index (κ2) is 5.56. The number of carbonyl (C=O) groups excluding carboxylic acids is 1. The van der Waals surface area contributed by atoms with Crippen LogP contribution in [0.4, 0.5) is 14.5 Å². The highest BCUT2D eigenvalue weighted by atomic mass is 19.1. The van der Waals surface area contributed by atoms with E-state index >= 15 is 0 Å². The Morgan fingerprint density at radius 1 is 1.21 bits per heavy atom. The molecule has 1 aromatic carbocycles. The van der Waals surface area contributed by atoms with Crippen LogP contribution in [0.15, 0.2) is 42.7 Å². The van der Waals surface area contributed by atoms with E-state index in [1.165, 1.54) is 41.4 Å². The van der Waals surface area contributed by atoms with E-state index in [9.17, 15) is 13.6 Å². The van der Waals surface area contributed by atoms with Crippen LogP contribution in [0.2, 0.25) is 0 Å². The topological polar surface area (TPSA) is 33.2 Å².